The van der Waals surface area contributed by atoms with Gasteiger partial charge in [-0.15, -0.1) is 0 Å². The molecule has 3 rings (SSSR count). The lowest BCUT2D eigenvalue weighted by Gasteiger charge is -2.40. The zero-order chi connectivity index (χ0) is 15.1. The van der Waals surface area contributed by atoms with E-state index in [9.17, 15) is 4.79 Å². The predicted octanol–water partition coefficient (Wildman–Crippen LogP) is 3.29. The smallest absolute Gasteiger partial charge is 0.226 e. The van der Waals surface area contributed by atoms with Crippen LogP contribution in [0.1, 0.15) is 31.0 Å². The van der Waals surface area contributed by atoms with Crippen LogP contribution >= 0.6 is 23.2 Å². The topological polar surface area (TPSA) is 32.3 Å². The first-order chi connectivity index (χ1) is 9.99. The summed E-state index contributed by atoms with van der Waals surface area (Å²) in [5.41, 5.74) is 2.22. The van der Waals surface area contributed by atoms with Gasteiger partial charge in [-0.1, -0.05) is 30.1 Å². The van der Waals surface area contributed by atoms with E-state index in [2.05, 4.69) is 12.2 Å². The Kier molecular flexibility index (Phi) is 4.17. The summed E-state index contributed by atoms with van der Waals surface area (Å²) < 4.78 is 0. The van der Waals surface area contributed by atoms with Crippen LogP contribution in [0.2, 0.25) is 10.0 Å². The van der Waals surface area contributed by atoms with E-state index in [1.54, 1.807) is 6.07 Å². The van der Waals surface area contributed by atoms with Crippen LogP contribution in [0.25, 0.3) is 0 Å². The molecular weight excluding hydrogens is 307 g/mol. The number of nitrogens with zero attached hydrogens (tertiary/aromatic N) is 1. The van der Waals surface area contributed by atoms with Gasteiger partial charge in [0.1, 0.15) is 0 Å². The number of hydrogen-bond acceptors (Lipinski definition) is 2. The Hall–Kier alpha value is -0.770. The molecule has 21 heavy (non-hydrogen) atoms. The molecule has 1 N–H and O–H groups in total. The first-order valence-electron chi connectivity index (χ1n) is 7.48. The van der Waals surface area contributed by atoms with Crippen molar-refractivity contribution < 1.29 is 4.79 Å². The summed E-state index contributed by atoms with van der Waals surface area (Å²) in [5.74, 6) is 0.787. The van der Waals surface area contributed by atoms with Gasteiger partial charge in [0.2, 0.25) is 5.91 Å². The predicted molar refractivity (Wildman–Crippen MR) is 85.8 cm³/mol. The Morgan fingerprint density at radius 3 is 2.71 bits per heavy atom. The molecule has 2 heterocycles. The van der Waals surface area contributed by atoms with E-state index in [-0.39, 0.29) is 17.9 Å². The minimum absolute atomic E-state index is 0.0351. The Labute approximate surface area is 135 Å². The average Bonchev–Trinajstić information content (AvgIpc) is 2.37. The molecule has 2 atom stereocenters. The molecule has 0 saturated carbocycles. The van der Waals surface area contributed by atoms with Gasteiger partial charge in [0, 0.05) is 22.5 Å². The monoisotopic (exact) mass is 326 g/mol. The van der Waals surface area contributed by atoms with Gasteiger partial charge in [-0.05, 0) is 55.6 Å². The van der Waals surface area contributed by atoms with Crippen molar-refractivity contribution in [3.8, 4) is 0 Å². The van der Waals surface area contributed by atoms with Crippen molar-refractivity contribution >= 4 is 29.1 Å². The Bertz CT molecular complexity index is 572. The van der Waals surface area contributed by atoms with Crippen molar-refractivity contribution in [3.63, 3.8) is 0 Å². The van der Waals surface area contributed by atoms with Gasteiger partial charge in [-0.25, -0.2) is 0 Å². The fourth-order valence-corrected chi connectivity index (χ4v) is 3.89. The van der Waals surface area contributed by atoms with E-state index in [4.69, 9.17) is 23.2 Å². The molecule has 114 valence electrons. The third-order valence-corrected chi connectivity index (χ3v) is 5.46. The number of nitrogens with one attached hydrogen (secondary N) is 1. The average molecular weight is 327 g/mol. The van der Waals surface area contributed by atoms with Gasteiger partial charge >= 0.3 is 0 Å². The molecule has 1 aromatic rings. The third kappa shape index (κ3) is 2.67. The van der Waals surface area contributed by atoms with E-state index in [0.29, 0.717) is 16.0 Å². The summed E-state index contributed by atoms with van der Waals surface area (Å²) in [6.45, 7) is 6.74. The lowest BCUT2D eigenvalue weighted by molar-refractivity contribution is -0.140. The molecule has 2 aliphatic heterocycles. The molecule has 0 bridgehead atoms. The highest BCUT2D eigenvalue weighted by molar-refractivity contribution is 6.35. The first-order valence-corrected chi connectivity index (χ1v) is 8.23. The Balaban J connectivity index is 1.84. The molecule has 3 nitrogen and oxygen atoms in total. The molecule has 0 radical (unpaired) electrons. The fourth-order valence-electron chi connectivity index (χ4n) is 3.28. The van der Waals surface area contributed by atoms with Gasteiger partial charge in [-0.2, -0.15) is 0 Å². The highest BCUT2D eigenvalue weighted by atomic mass is 35.5. The molecule has 1 fully saturated rings. The van der Waals surface area contributed by atoms with E-state index in [1.165, 1.54) is 0 Å². The van der Waals surface area contributed by atoms with Crippen molar-refractivity contribution in [2.45, 2.75) is 26.3 Å². The number of carbonyl (C=O) groups is 1. The molecule has 2 aliphatic rings. The second-order valence-electron chi connectivity index (χ2n) is 6.12. The lowest BCUT2D eigenvalue weighted by Crippen LogP contribution is -2.51. The van der Waals surface area contributed by atoms with Gasteiger partial charge in [-0.3, -0.25) is 4.79 Å². The summed E-state index contributed by atoms with van der Waals surface area (Å²) in [7, 11) is 0. The largest absolute Gasteiger partial charge is 0.335 e. The molecule has 2 unspecified atom stereocenters. The van der Waals surface area contributed by atoms with Crippen molar-refractivity contribution in [3.05, 3.63) is 33.3 Å². The zero-order valence-electron chi connectivity index (χ0n) is 12.3. The Morgan fingerprint density at radius 1 is 1.38 bits per heavy atom. The van der Waals surface area contributed by atoms with Crippen LogP contribution in [0.3, 0.4) is 0 Å². The SMILES string of the molecule is CC(C(=O)N1CCc2c(Cl)cc(Cl)cc2C1C)C1CNC1. The minimum atomic E-state index is 0.0351. The number of benzene rings is 1. The molecular formula is C16H20Cl2N2O. The van der Waals surface area contributed by atoms with E-state index in [1.807, 2.05) is 17.9 Å². The summed E-state index contributed by atoms with van der Waals surface area (Å²) in [6.07, 6.45) is 0.803. The standard InChI is InChI=1S/C16H20Cl2N2O/c1-9(11-7-19-8-11)16(21)20-4-3-13-14(10(20)2)5-12(17)6-15(13)18/h5-6,9-11,19H,3-4,7-8H2,1-2H3. The summed E-state index contributed by atoms with van der Waals surface area (Å²) in [4.78, 5) is 14.7. The van der Waals surface area contributed by atoms with E-state index < -0.39 is 0 Å². The second-order valence-corrected chi connectivity index (χ2v) is 6.96. The third-order valence-electron chi connectivity index (χ3n) is 4.91. The molecule has 1 aromatic carbocycles. The molecule has 0 aliphatic carbocycles. The molecule has 1 saturated heterocycles. The molecule has 0 spiro atoms. The highest BCUT2D eigenvalue weighted by Gasteiger charge is 2.36. The molecule has 1 amide bonds. The maximum atomic E-state index is 12.8. The van der Waals surface area contributed by atoms with Crippen LogP contribution in [-0.2, 0) is 11.2 Å². The number of halogens is 2. The van der Waals surface area contributed by atoms with Gasteiger partial charge in [0.15, 0.2) is 0 Å². The zero-order valence-corrected chi connectivity index (χ0v) is 13.8. The first kappa shape index (κ1) is 15.1. The van der Waals surface area contributed by atoms with Gasteiger partial charge in [0.25, 0.3) is 0 Å². The van der Waals surface area contributed by atoms with Crippen molar-refractivity contribution in [2.75, 3.05) is 19.6 Å². The van der Waals surface area contributed by atoms with Crippen LogP contribution in [0.15, 0.2) is 12.1 Å². The normalized spacial score (nSPS) is 23.4. The van der Waals surface area contributed by atoms with Gasteiger partial charge < -0.3 is 10.2 Å². The fraction of sp³-hybridized carbons (Fsp3) is 0.562. The Morgan fingerprint density at radius 2 is 2.10 bits per heavy atom. The number of amides is 1. The van der Waals surface area contributed by atoms with Crippen LogP contribution in [0.4, 0.5) is 0 Å². The van der Waals surface area contributed by atoms with Crippen LogP contribution in [-0.4, -0.2) is 30.4 Å². The van der Waals surface area contributed by atoms with Crippen LogP contribution in [0.5, 0.6) is 0 Å². The maximum absolute atomic E-state index is 12.8. The van der Waals surface area contributed by atoms with E-state index >= 15 is 0 Å². The lowest BCUT2D eigenvalue weighted by atomic mass is 9.86. The number of rotatable bonds is 2. The molecule has 5 heteroatoms. The summed E-state index contributed by atoms with van der Waals surface area (Å²) in [6, 6.07) is 3.77. The van der Waals surface area contributed by atoms with Crippen LogP contribution in [0, 0.1) is 11.8 Å². The van der Waals surface area contributed by atoms with Crippen LogP contribution < -0.4 is 5.32 Å². The minimum Gasteiger partial charge on any atom is -0.335 e. The number of fused-ring (bicyclic) bond motifs is 1. The van der Waals surface area contributed by atoms with Gasteiger partial charge in [0.05, 0.1) is 6.04 Å². The number of hydrogen-bond donors (Lipinski definition) is 1. The summed E-state index contributed by atoms with van der Waals surface area (Å²) >= 11 is 12.4. The molecule has 0 aromatic heterocycles. The summed E-state index contributed by atoms with van der Waals surface area (Å²) in [5, 5.41) is 4.59. The van der Waals surface area contributed by atoms with Crippen molar-refractivity contribution in [1.82, 2.24) is 10.2 Å². The van der Waals surface area contributed by atoms with E-state index in [0.717, 1.165) is 37.2 Å². The maximum Gasteiger partial charge on any atom is 0.226 e. The number of carbonyl (C=O) groups excluding carboxylic acids is 1. The second kappa shape index (κ2) is 5.79. The quantitative estimate of drug-likeness (QED) is 0.904. The van der Waals surface area contributed by atoms with Crippen molar-refractivity contribution in [2.24, 2.45) is 11.8 Å². The highest BCUT2D eigenvalue weighted by Crippen LogP contribution is 2.37. The van der Waals surface area contributed by atoms with Crippen molar-refractivity contribution in [1.29, 1.82) is 0 Å².